The van der Waals surface area contributed by atoms with E-state index < -0.39 is 0 Å². The highest BCUT2D eigenvalue weighted by molar-refractivity contribution is 5.42. The minimum absolute atomic E-state index is 0.596. The lowest BCUT2D eigenvalue weighted by molar-refractivity contribution is 0.373. The zero-order valence-corrected chi connectivity index (χ0v) is 12.1. The molecule has 1 aromatic carbocycles. The minimum atomic E-state index is 0.596. The highest BCUT2D eigenvalue weighted by Crippen LogP contribution is 2.30. The van der Waals surface area contributed by atoms with Crippen LogP contribution in [-0.4, -0.2) is 19.1 Å². The number of nitrogens with zero attached hydrogens (tertiary/aromatic N) is 1. The Morgan fingerprint density at radius 3 is 2.55 bits per heavy atom. The molecule has 0 bridgehead atoms. The molecule has 4 nitrogen and oxygen atoms in total. The van der Waals surface area contributed by atoms with Gasteiger partial charge in [0.05, 0.1) is 7.11 Å². The molecule has 0 atom stereocenters. The van der Waals surface area contributed by atoms with Gasteiger partial charge in [-0.25, -0.2) is 4.98 Å². The zero-order chi connectivity index (χ0) is 14.4. The molecule has 0 aliphatic carbocycles. The minimum Gasteiger partial charge on any atom is -0.493 e. The quantitative estimate of drug-likeness (QED) is 0.877. The lowest BCUT2D eigenvalue weighted by Gasteiger charge is -2.11. The van der Waals surface area contributed by atoms with E-state index in [0.29, 0.717) is 17.4 Å². The summed E-state index contributed by atoms with van der Waals surface area (Å²) in [5, 5.41) is 3.14. The van der Waals surface area contributed by atoms with Crippen molar-refractivity contribution in [1.29, 1.82) is 0 Å². The Hall–Kier alpha value is -2.07. The van der Waals surface area contributed by atoms with Crippen LogP contribution < -0.4 is 14.8 Å². The van der Waals surface area contributed by atoms with E-state index >= 15 is 0 Å². The van der Waals surface area contributed by atoms with Crippen molar-refractivity contribution in [2.24, 2.45) is 0 Å². The van der Waals surface area contributed by atoms with Crippen molar-refractivity contribution in [3.63, 3.8) is 0 Å². The number of nitrogens with one attached hydrogen (secondary N) is 1. The smallest absolute Gasteiger partial charge is 0.219 e. The standard InChI is InChI=1S/C16H20N2O2/c1-4-13-9-12(11-17-2)10-16(18-13)20-15-8-6-5-7-14(15)19-3/h5-10,17H,4,11H2,1-3H3. The van der Waals surface area contributed by atoms with Crippen molar-refractivity contribution in [3.05, 3.63) is 47.7 Å². The van der Waals surface area contributed by atoms with Gasteiger partial charge in [-0.3, -0.25) is 0 Å². The third-order valence-electron chi connectivity index (χ3n) is 2.94. The summed E-state index contributed by atoms with van der Waals surface area (Å²) in [5.41, 5.74) is 2.17. The summed E-state index contributed by atoms with van der Waals surface area (Å²) in [7, 11) is 3.55. The SMILES string of the molecule is CCc1cc(CNC)cc(Oc2ccccc2OC)n1. The molecule has 0 saturated carbocycles. The Bertz CT molecular complexity index is 570. The largest absolute Gasteiger partial charge is 0.493 e. The Kier molecular flexibility index (Phi) is 4.96. The first-order valence-electron chi connectivity index (χ1n) is 6.72. The number of hydrogen-bond acceptors (Lipinski definition) is 4. The van der Waals surface area contributed by atoms with Crippen molar-refractivity contribution < 1.29 is 9.47 Å². The van der Waals surface area contributed by atoms with Gasteiger partial charge in [0, 0.05) is 18.3 Å². The number of para-hydroxylation sites is 2. The van der Waals surface area contributed by atoms with Crippen molar-refractivity contribution in [3.8, 4) is 17.4 Å². The van der Waals surface area contributed by atoms with Gasteiger partial charge in [-0.2, -0.15) is 0 Å². The van der Waals surface area contributed by atoms with Gasteiger partial charge in [0.15, 0.2) is 11.5 Å². The predicted octanol–water partition coefficient (Wildman–Crippen LogP) is 3.16. The normalized spacial score (nSPS) is 10.3. The van der Waals surface area contributed by atoms with E-state index in [9.17, 15) is 0 Å². The molecule has 2 rings (SSSR count). The van der Waals surface area contributed by atoms with E-state index in [1.807, 2.05) is 37.4 Å². The summed E-state index contributed by atoms with van der Waals surface area (Å²) in [6.45, 7) is 2.87. The van der Waals surface area contributed by atoms with E-state index in [1.165, 1.54) is 0 Å². The van der Waals surface area contributed by atoms with Crippen LogP contribution >= 0.6 is 0 Å². The summed E-state index contributed by atoms with van der Waals surface area (Å²) in [6.07, 6.45) is 0.875. The molecule has 0 amide bonds. The topological polar surface area (TPSA) is 43.4 Å². The molecule has 20 heavy (non-hydrogen) atoms. The van der Waals surface area contributed by atoms with Crippen LogP contribution in [-0.2, 0) is 13.0 Å². The predicted molar refractivity (Wildman–Crippen MR) is 79.4 cm³/mol. The molecule has 0 saturated heterocycles. The molecule has 1 heterocycles. The molecule has 0 aliphatic rings. The van der Waals surface area contributed by atoms with E-state index in [-0.39, 0.29) is 0 Å². The number of aryl methyl sites for hydroxylation is 1. The molecule has 0 fully saturated rings. The molecule has 4 heteroatoms. The van der Waals surface area contributed by atoms with Crippen molar-refractivity contribution >= 4 is 0 Å². The second-order valence-corrected chi connectivity index (χ2v) is 4.44. The maximum Gasteiger partial charge on any atom is 0.219 e. The summed E-state index contributed by atoms with van der Waals surface area (Å²) < 4.78 is 11.2. The fraction of sp³-hybridized carbons (Fsp3) is 0.312. The van der Waals surface area contributed by atoms with Crippen molar-refractivity contribution in [2.45, 2.75) is 19.9 Å². The average Bonchev–Trinajstić information content (AvgIpc) is 2.48. The molecular weight excluding hydrogens is 252 g/mol. The van der Waals surface area contributed by atoms with Gasteiger partial charge in [0.1, 0.15) is 0 Å². The van der Waals surface area contributed by atoms with Crippen molar-refractivity contribution in [1.82, 2.24) is 10.3 Å². The van der Waals surface area contributed by atoms with E-state index in [4.69, 9.17) is 9.47 Å². The lowest BCUT2D eigenvalue weighted by Crippen LogP contribution is -2.06. The monoisotopic (exact) mass is 272 g/mol. The van der Waals surface area contributed by atoms with Crippen LogP contribution in [0.2, 0.25) is 0 Å². The molecule has 0 spiro atoms. The van der Waals surface area contributed by atoms with Gasteiger partial charge in [-0.1, -0.05) is 19.1 Å². The third kappa shape index (κ3) is 3.48. The average molecular weight is 272 g/mol. The number of ether oxygens (including phenoxy) is 2. The van der Waals surface area contributed by atoms with Crippen LogP contribution in [0.25, 0.3) is 0 Å². The number of methoxy groups -OCH3 is 1. The summed E-state index contributed by atoms with van der Waals surface area (Å²) in [5.74, 6) is 1.97. The van der Waals surface area contributed by atoms with E-state index in [2.05, 4.69) is 23.3 Å². The molecule has 106 valence electrons. The van der Waals surface area contributed by atoms with Crippen LogP contribution in [0, 0.1) is 0 Å². The summed E-state index contributed by atoms with van der Waals surface area (Å²) in [4.78, 5) is 4.50. The maximum absolute atomic E-state index is 5.87. The van der Waals surface area contributed by atoms with Crippen LogP contribution in [0.5, 0.6) is 17.4 Å². The molecular formula is C16H20N2O2. The fourth-order valence-corrected chi connectivity index (χ4v) is 1.98. The Morgan fingerprint density at radius 2 is 1.90 bits per heavy atom. The highest BCUT2D eigenvalue weighted by atomic mass is 16.5. The second kappa shape index (κ2) is 6.91. The molecule has 0 aliphatic heterocycles. The Balaban J connectivity index is 2.30. The third-order valence-corrected chi connectivity index (χ3v) is 2.94. The van der Waals surface area contributed by atoms with Crippen LogP contribution in [0.4, 0.5) is 0 Å². The molecule has 0 unspecified atom stereocenters. The first-order chi connectivity index (χ1) is 9.76. The fourth-order valence-electron chi connectivity index (χ4n) is 1.98. The van der Waals surface area contributed by atoms with E-state index in [0.717, 1.165) is 24.2 Å². The number of rotatable bonds is 6. The number of aromatic nitrogens is 1. The summed E-state index contributed by atoms with van der Waals surface area (Å²) in [6, 6.07) is 11.6. The summed E-state index contributed by atoms with van der Waals surface area (Å²) >= 11 is 0. The highest BCUT2D eigenvalue weighted by Gasteiger charge is 2.07. The van der Waals surface area contributed by atoms with E-state index in [1.54, 1.807) is 7.11 Å². The van der Waals surface area contributed by atoms with Crippen molar-refractivity contribution in [2.75, 3.05) is 14.2 Å². The maximum atomic E-state index is 5.87. The van der Waals surface area contributed by atoms with Gasteiger partial charge >= 0.3 is 0 Å². The van der Waals surface area contributed by atoms with Gasteiger partial charge in [-0.05, 0) is 37.2 Å². The molecule has 1 aromatic heterocycles. The lowest BCUT2D eigenvalue weighted by atomic mass is 10.2. The first-order valence-corrected chi connectivity index (χ1v) is 6.72. The van der Waals surface area contributed by atoms with Crippen LogP contribution in [0.15, 0.2) is 36.4 Å². The van der Waals surface area contributed by atoms with Gasteiger partial charge in [0.2, 0.25) is 5.88 Å². The molecule has 0 radical (unpaired) electrons. The molecule has 2 aromatic rings. The van der Waals surface area contributed by atoms with Gasteiger partial charge < -0.3 is 14.8 Å². The first kappa shape index (κ1) is 14.3. The Labute approximate surface area is 119 Å². The molecule has 1 N–H and O–H groups in total. The second-order valence-electron chi connectivity index (χ2n) is 4.44. The van der Waals surface area contributed by atoms with Crippen LogP contribution in [0.3, 0.4) is 0 Å². The number of hydrogen-bond donors (Lipinski definition) is 1. The van der Waals surface area contributed by atoms with Crippen LogP contribution in [0.1, 0.15) is 18.2 Å². The number of pyridine rings is 1. The Morgan fingerprint density at radius 1 is 1.15 bits per heavy atom. The zero-order valence-electron chi connectivity index (χ0n) is 12.1. The van der Waals surface area contributed by atoms with Gasteiger partial charge in [-0.15, -0.1) is 0 Å². The van der Waals surface area contributed by atoms with Gasteiger partial charge in [0.25, 0.3) is 0 Å². The number of benzene rings is 1.